The standard InChI is InChI=1S/C21H21FN4O2S/c22-14-6-4-13(5-7-14)18-10-17(20(23)28)21(29-18)25-19-3-1-2-15(24-19)11-26-9-8-16(27)12-26/h1-7,10,16,27H,8-9,11-12H2,(H2,23,28)(H,24,25)/t16-/m0/s1. The van der Waals surface area contributed by atoms with Gasteiger partial charge in [0.2, 0.25) is 0 Å². The quantitative estimate of drug-likeness (QED) is 0.578. The molecule has 8 heteroatoms. The largest absolute Gasteiger partial charge is 0.392 e. The Balaban J connectivity index is 1.56. The Morgan fingerprint density at radius 1 is 1.31 bits per heavy atom. The van der Waals surface area contributed by atoms with Crippen molar-refractivity contribution in [2.75, 3.05) is 18.4 Å². The smallest absolute Gasteiger partial charge is 0.251 e. The maximum absolute atomic E-state index is 13.2. The molecule has 1 aromatic carbocycles. The first kappa shape index (κ1) is 19.5. The van der Waals surface area contributed by atoms with E-state index in [1.54, 1.807) is 18.2 Å². The van der Waals surface area contributed by atoms with Crippen LogP contribution in [0.2, 0.25) is 0 Å². The number of pyridine rings is 1. The van der Waals surface area contributed by atoms with E-state index in [9.17, 15) is 14.3 Å². The molecule has 2 aromatic heterocycles. The first-order valence-corrected chi connectivity index (χ1v) is 10.1. The van der Waals surface area contributed by atoms with Gasteiger partial charge in [-0.05, 0) is 42.3 Å². The predicted octanol–water partition coefficient (Wildman–Crippen LogP) is 3.36. The number of carbonyl (C=O) groups excluding carboxylic acids is 1. The molecule has 6 nitrogen and oxygen atoms in total. The molecule has 1 amide bonds. The number of hydrogen-bond acceptors (Lipinski definition) is 6. The van der Waals surface area contributed by atoms with Gasteiger partial charge in [-0.2, -0.15) is 0 Å². The molecule has 0 saturated carbocycles. The van der Waals surface area contributed by atoms with Gasteiger partial charge >= 0.3 is 0 Å². The Hall–Kier alpha value is -2.81. The minimum Gasteiger partial charge on any atom is -0.392 e. The Bertz CT molecular complexity index is 1020. The number of benzene rings is 1. The topological polar surface area (TPSA) is 91.5 Å². The predicted molar refractivity (Wildman–Crippen MR) is 112 cm³/mol. The third kappa shape index (κ3) is 4.61. The van der Waals surface area contributed by atoms with Crippen molar-refractivity contribution < 1.29 is 14.3 Å². The van der Waals surface area contributed by atoms with Crippen molar-refractivity contribution in [2.45, 2.75) is 19.1 Å². The third-order valence-corrected chi connectivity index (χ3v) is 5.91. The van der Waals surface area contributed by atoms with Crippen LogP contribution < -0.4 is 11.1 Å². The fraction of sp³-hybridized carbons (Fsp3) is 0.238. The summed E-state index contributed by atoms with van der Waals surface area (Å²) in [6, 6.07) is 13.5. The first-order valence-electron chi connectivity index (χ1n) is 9.31. The highest BCUT2D eigenvalue weighted by molar-refractivity contribution is 7.19. The zero-order valence-electron chi connectivity index (χ0n) is 15.6. The lowest BCUT2D eigenvalue weighted by molar-refractivity contribution is 0.100. The Morgan fingerprint density at radius 3 is 2.79 bits per heavy atom. The minimum atomic E-state index is -0.542. The van der Waals surface area contributed by atoms with Crippen LogP contribution in [-0.4, -0.2) is 40.1 Å². The number of likely N-dealkylation sites (tertiary alicyclic amines) is 1. The zero-order chi connectivity index (χ0) is 20.4. The van der Waals surface area contributed by atoms with Crippen molar-refractivity contribution in [1.82, 2.24) is 9.88 Å². The van der Waals surface area contributed by atoms with Gasteiger partial charge < -0.3 is 16.2 Å². The molecule has 4 rings (SSSR count). The molecule has 1 aliphatic heterocycles. The monoisotopic (exact) mass is 412 g/mol. The van der Waals surface area contributed by atoms with Crippen LogP contribution >= 0.6 is 11.3 Å². The SMILES string of the molecule is NC(=O)c1cc(-c2ccc(F)cc2)sc1Nc1cccc(CN2CC[C@H](O)C2)n1. The lowest BCUT2D eigenvalue weighted by atomic mass is 10.1. The summed E-state index contributed by atoms with van der Waals surface area (Å²) in [5.41, 5.74) is 7.60. The fourth-order valence-corrected chi connectivity index (χ4v) is 4.44. The molecule has 0 spiro atoms. The molecule has 0 radical (unpaired) electrons. The molecule has 29 heavy (non-hydrogen) atoms. The lowest BCUT2D eigenvalue weighted by Gasteiger charge is -2.15. The van der Waals surface area contributed by atoms with Gasteiger partial charge in [0.1, 0.15) is 16.6 Å². The number of aliphatic hydroxyl groups excluding tert-OH is 1. The molecule has 0 aliphatic carbocycles. The molecule has 4 N–H and O–H groups in total. The molecule has 3 aromatic rings. The van der Waals surface area contributed by atoms with Crippen molar-refractivity contribution in [2.24, 2.45) is 5.73 Å². The summed E-state index contributed by atoms with van der Waals surface area (Å²) in [5.74, 6) is -0.248. The number of β-amino-alcohol motifs (C(OH)–C–C–N with tert-alkyl or cyclic N) is 1. The number of aliphatic hydroxyl groups is 1. The highest BCUT2D eigenvalue weighted by Crippen LogP contribution is 2.36. The second kappa shape index (κ2) is 8.28. The maximum Gasteiger partial charge on any atom is 0.251 e. The van der Waals surface area contributed by atoms with Gasteiger partial charge in [-0.15, -0.1) is 11.3 Å². The summed E-state index contributed by atoms with van der Waals surface area (Å²) in [4.78, 5) is 19.5. The van der Waals surface area contributed by atoms with E-state index in [0.29, 0.717) is 29.5 Å². The van der Waals surface area contributed by atoms with Gasteiger partial charge in [-0.3, -0.25) is 9.69 Å². The van der Waals surface area contributed by atoms with Gasteiger partial charge in [0, 0.05) is 24.5 Å². The second-order valence-corrected chi connectivity index (χ2v) is 8.09. The summed E-state index contributed by atoms with van der Waals surface area (Å²) >= 11 is 1.36. The maximum atomic E-state index is 13.2. The first-order chi connectivity index (χ1) is 14.0. The number of nitrogens with one attached hydrogen (secondary N) is 1. The van der Waals surface area contributed by atoms with Crippen molar-refractivity contribution in [3.8, 4) is 10.4 Å². The number of nitrogens with two attached hydrogens (primary N) is 1. The lowest BCUT2D eigenvalue weighted by Crippen LogP contribution is -2.22. The van der Waals surface area contributed by atoms with Gasteiger partial charge in [0.15, 0.2) is 0 Å². The average molecular weight is 412 g/mol. The Morgan fingerprint density at radius 2 is 2.10 bits per heavy atom. The number of nitrogens with zero attached hydrogens (tertiary/aromatic N) is 2. The van der Waals surface area contributed by atoms with E-state index in [-0.39, 0.29) is 11.9 Å². The number of amides is 1. The Kier molecular flexibility index (Phi) is 5.57. The molecule has 0 bridgehead atoms. The van der Waals surface area contributed by atoms with Crippen LogP contribution in [0.3, 0.4) is 0 Å². The molecule has 1 saturated heterocycles. The number of rotatable bonds is 6. The number of hydrogen-bond donors (Lipinski definition) is 3. The molecule has 1 aliphatic rings. The molecule has 150 valence electrons. The number of primary amides is 1. The summed E-state index contributed by atoms with van der Waals surface area (Å²) in [6.45, 7) is 2.15. The van der Waals surface area contributed by atoms with Crippen molar-refractivity contribution >= 4 is 28.1 Å². The van der Waals surface area contributed by atoms with Crippen LogP contribution in [0.4, 0.5) is 15.2 Å². The van der Waals surface area contributed by atoms with Gasteiger partial charge in [0.05, 0.1) is 17.4 Å². The van der Waals surface area contributed by atoms with E-state index < -0.39 is 5.91 Å². The second-order valence-electron chi connectivity index (χ2n) is 7.04. The molecular formula is C21H21FN4O2S. The van der Waals surface area contributed by atoms with Crippen molar-refractivity contribution in [1.29, 1.82) is 0 Å². The molecule has 0 unspecified atom stereocenters. The number of halogens is 1. The fourth-order valence-electron chi connectivity index (χ4n) is 3.36. The van der Waals surface area contributed by atoms with E-state index in [1.807, 2.05) is 18.2 Å². The third-order valence-electron chi connectivity index (χ3n) is 4.81. The van der Waals surface area contributed by atoms with E-state index in [2.05, 4.69) is 15.2 Å². The highest BCUT2D eigenvalue weighted by atomic mass is 32.1. The van der Waals surface area contributed by atoms with Crippen molar-refractivity contribution in [3.63, 3.8) is 0 Å². The van der Waals surface area contributed by atoms with Crippen LogP contribution in [0, 0.1) is 5.82 Å². The summed E-state index contributed by atoms with van der Waals surface area (Å²) < 4.78 is 13.2. The van der Waals surface area contributed by atoms with Gasteiger partial charge in [-0.1, -0.05) is 18.2 Å². The summed E-state index contributed by atoms with van der Waals surface area (Å²) in [7, 11) is 0. The van der Waals surface area contributed by atoms with Crippen molar-refractivity contribution in [3.05, 3.63) is 65.6 Å². The Labute approximate surface area is 171 Å². The minimum absolute atomic E-state index is 0.273. The van der Waals surface area contributed by atoms with Crippen LogP contribution in [0.15, 0.2) is 48.5 Å². The number of anilines is 2. The average Bonchev–Trinajstić information content (AvgIpc) is 3.29. The van der Waals surface area contributed by atoms with Crippen LogP contribution in [-0.2, 0) is 6.54 Å². The summed E-state index contributed by atoms with van der Waals surface area (Å²) in [5, 5.41) is 13.5. The van der Waals surface area contributed by atoms with Crippen LogP contribution in [0.25, 0.3) is 10.4 Å². The molecule has 1 fully saturated rings. The molecule has 1 atom stereocenters. The number of thiophene rings is 1. The van der Waals surface area contributed by atoms with Gasteiger partial charge in [-0.25, -0.2) is 9.37 Å². The highest BCUT2D eigenvalue weighted by Gasteiger charge is 2.21. The number of aromatic nitrogens is 1. The zero-order valence-corrected chi connectivity index (χ0v) is 16.5. The van der Waals surface area contributed by atoms with Gasteiger partial charge in [0.25, 0.3) is 5.91 Å². The normalized spacial score (nSPS) is 16.8. The molecular weight excluding hydrogens is 391 g/mol. The molecule has 3 heterocycles. The van der Waals surface area contributed by atoms with Crippen LogP contribution in [0.1, 0.15) is 22.5 Å². The van der Waals surface area contributed by atoms with E-state index in [1.165, 1.54) is 23.5 Å². The summed E-state index contributed by atoms with van der Waals surface area (Å²) in [6.07, 6.45) is 0.506. The van der Waals surface area contributed by atoms with E-state index in [0.717, 1.165) is 29.1 Å². The van der Waals surface area contributed by atoms with E-state index >= 15 is 0 Å². The van der Waals surface area contributed by atoms with Crippen LogP contribution in [0.5, 0.6) is 0 Å². The number of carbonyl (C=O) groups is 1. The van der Waals surface area contributed by atoms with E-state index in [4.69, 9.17) is 5.73 Å².